The van der Waals surface area contributed by atoms with Gasteiger partial charge in [0, 0.05) is 19.1 Å². The zero-order valence-corrected chi connectivity index (χ0v) is 14.9. The van der Waals surface area contributed by atoms with Gasteiger partial charge in [0.05, 0.1) is 12.6 Å². The molecule has 0 radical (unpaired) electrons. The van der Waals surface area contributed by atoms with Crippen LogP contribution in [0.2, 0.25) is 0 Å². The number of benzene rings is 1. The summed E-state index contributed by atoms with van der Waals surface area (Å²) in [5, 5.41) is 3.20. The molecule has 1 heterocycles. The van der Waals surface area contributed by atoms with Crippen LogP contribution in [0.15, 0.2) is 18.2 Å². The highest BCUT2D eigenvalue weighted by atomic mass is 19.1. The number of unbranched alkanes of at least 4 members (excludes halogenated alkanes) is 1. The summed E-state index contributed by atoms with van der Waals surface area (Å²) in [4.78, 5) is 12.6. The van der Waals surface area contributed by atoms with Gasteiger partial charge in [-0.15, -0.1) is 0 Å². The quantitative estimate of drug-likeness (QED) is 0.823. The molecule has 1 aliphatic rings. The van der Waals surface area contributed by atoms with Gasteiger partial charge in [0.2, 0.25) is 5.91 Å². The van der Waals surface area contributed by atoms with Crippen molar-refractivity contribution in [2.24, 2.45) is 5.92 Å². The highest BCUT2D eigenvalue weighted by molar-refractivity contribution is 5.79. The van der Waals surface area contributed by atoms with Crippen LogP contribution in [0.5, 0.6) is 5.75 Å². The van der Waals surface area contributed by atoms with Crippen molar-refractivity contribution in [2.75, 3.05) is 20.3 Å². The molecule has 134 valence electrons. The van der Waals surface area contributed by atoms with Crippen molar-refractivity contribution in [2.45, 2.75) is 51.5 Å². The topological polar surface area (TPSA) is 47.6 Å². The number of amides is 1. The Balaban J connectivity index is 2.23. The Morgan fingerprint density at radius 1 is 1.42 bits per heavy atom. The average Bonchev–Trinajstić information content (AvgIpc) is 2.60. The smallest absolute Gasteiger partial charge is 0.223 e. The summed E-state index contributed by atoms with van der Waals surface area (Å²) in [6.45, 7) is 5.17. The van der Waals surface area contributed by atoms with Gasteiger partial charge < -0.3 is 14.8 Å². The molecule has 2 rings (SSSR count). The third-order valence-electron chi connectivity index (χ3n) is 4.85. The molecule has 1 aromatic rings. The molecule has 4 nitrogen and oxygen atoms in total. The average molecular weight is 337 g/mol. The fourth-order valence-corrected chi connectivity index (χ4v) is 3.17. The predicted molar refractivity (Wildman–Crippen MR) is 91.5 cm³/mol. The van der Waals surface area contributed by atoms with E-state index in [1.165, 1.54) is 13.2 Å². The van der Waals surface area contributed by atoms with E-state index in [0.717, 1.165) is 24.8 Å². The minimum Gasteiger partial charge on any atom is -0.494 e. The number of carbonyl (C=O) groups excluding carboxylic acids is 1. The first-order valence-corrected chi connectivity index (χ1v) is 8.76. The molecule has 1 fully saturated rings. The number of hydrogen-bond donors (Lipinski definition) is 1. The molecule has 1 unspecified atom stereocenters. The molecular weight excluding hydrogens is 309 g/mol. The van der Waals surface area contributed by atoms with Crippen molar-refractivity contribution in [3.8, 4) is 5.75 Å². The van der Waals surface area contributed by atoms with E-state index in [9.17, 15) is 9.18 Å². The Morgan fingerprint density at radius 2 is 2.12 bits per heavy atom. The molecule has 5 heteroatoms. The van der Waals surface area contributed by atoms with Crippen LogP contribution in [0.1, 0.15) is 51.5 Å². The summed E-state index contributed by atoms with van der Waals surface area (Å²) in [7, 11) is 1.44. The second-order valence-corrected chi connectivity index (χ2v) is 6.58. The molecule has 1 atom stereocenters. The second kappa shape index (κ2) is 8.47. The number of carbonyl (C=O) groups is 1. The van der Waals surface area contributed by atoms with Gasteiger partial charge in [0.25, 0.3) is 0 Å². The van der Waals surface area contributed by atoms with Gasteiger partial charge in [-0.25, -0.2) is 4.39 Å². The zero-order valence-electron chi connectivity index (χ0n) is 14.9. The van der Waals surface area contributed by atoms with Crippen LogP contribution in [0.3, 0.4) is 0 Å². The van der Waals surface area contributed by atoms with Crippen LogP contribution in [0.25, 0.3) is 0 Å². The van der Waals surface area contributed by atoms with Crippen molar-refractivity contribution in [3.63, 3.8) is 0 Å². The number of hydrogen-bond acceptors (Lipinski definition) is 3. The predicted octanol–water partition coefficient (Wildman–Crippen LogP) is 3.78. The Hall–Kier alpha value is -1.62. The lowest BCUT2D eigenvalue weighted by atomic mass is 9.82. The van der Waals surface area contributed by atoms with E-state index in [1.54, 1.807) is 6.07 Å². The standard InChI is InChI=1S/C19H28FNO3/c1-4-5-6-14(2)18(22)21-19(9-11-24-12-10-19)15-7-8-17(23-3)16(20)13-15/h7-8,13-14H,4-6,9-12H2,1-3H3,(H,21,22). The monoisotopic (exact) mass is 337 g/mol. The summed E-state index contributed by atoms with van der Waals surface area (Å²) >= 11 is 0. The first-order chi connectivity index (χ1) is 11.5. The van der Waals surface area contributed by atoms with Crippen LogP contribution in [0.4, 0.5) is 4.39 Å². The lowest BCUT2D eigenvalue weighted by Gasteiger charge is -2.39. The van der Waals surface area contributed by atoms with E-state index in [2.05, 4.69) is 12.2 Å². The van der Waals surface area contributed by atoms with Gasteiger partial charge in [-0.1, -0.05) is 32.8 Å². The molecule has 0 saturated carbocycles. The molecular formula is C19H28FNO3. The summed E-state index contributed by atoms with van der Waals surface area (Å²) in [5.74, 6) is -0.216. The minimum absolute atomic E-state index is 0.0292. The van der Waals surface area contributed by atoms with Gasteiger partial charge in [0.1, 0.15) is 0 Å². The molecule has 1 saturated heterocycles. The third kappa shape index (κ3) is 4.26. The summed E-state index contributed by atoms with van der Waals surface area (Å²) in [5.41, 5.74) is 0.211. The molecule has 0 aromatic heterocycles. The number of ether oxygens (including phenoxy) is 2. The Kier molecular flexibility index (Phi) is 6.60. The van der Waals surface area contributed by atoms with E-state index in [1.807, 2.05) is 13.0 Å². The summed E-state index contributed by atoms with van der Waals surface area (Å²) in [6.07, 6.45) is 4.25. The SMILES string of the molecule is CCCCC(C)C(=O)NC1(c2ccc(OC)c(F)c2)CCOCC1. The largest absolute Gasteiger partial charge is 0.494 e. The van der Waals surface area contributed by atoms with Crippen molar-refractivity contribution < 1.29 is 18.7 Å². The Bertz CT molecular complexity index is 556. The fraction of sp³-hybridized carbons (Fsp3) is 0.632. The van der Waals surface area contributed by atoms with Gasteiger partial charge in [-0.05, 0) is 37.0 Å². The molecule has 1 amide bonds. The first kappa shape index (κ1) is 18.7. The summed E-state index contributed by atoms with van der Waals surface area (Å²) < 4.78 is 24.6. The van der Waals surface area contributed by atoms with Gasteiger partial charge in [0.15, 0.2) is 11.6 Å². The Morgan fingerprint density at radius 3 is 2.71 bits per heavy atom. The normalized spacial score (nSPS) is 18.0. The Labute approximate surface area is 143 Å². The van der Waals surface area contributed by atoms with E-state index in [-0.39, 0.29) is 17.6 Å². The molecule has 0 spiro atoms. The van der Waals surface area contributed by atoms with Gasteiger partial charge in [-0.3, -0.25) is 4.79 Å². The minimum atomic E-state index is -0.567. The summed E-state index contributed by atoms with van der Waals surface area (Å²) in [6, 6.07) is 4.93. The second-order valence-electron chi connectivity index (χ2n) is 6.58. The zero-order chi connectivity index (χ0) is 17.6. The van der Waals surface area contributed by atoms with Crippen LogP contribution in [0, 0.1) is 11.7 Å². The highest BCUT2D eigenvalue weighted by Gasteiger charge is 2.37. The molecule has 24 heavy (non-hydrogen) atoms. The number of methoxy groups -OCH3 is 1. The molecule has 0 bridgehead atoms. The lowest BCUT2D eigenvalue weighted by molar-refractivity contribution is -0.128. The van der Waals surface area contributed by atoms with Crippen LogP contribution in [-0.2, 0) is 15.1 Å². The maximum atomic E-state index is 14.2. The van der Waals surface area contributed by atoms with Crippen LogP contribution >= 0.6 is 0 Å². The molecule has 0 aliphatic carbocycles. The van der Waals surface area contributed by atoms with E-state index < -0.39 is 11.4 Å². The van der Waals surface area contributed by atoms with E-state index >= 15 is 0 Å². The third-order valence-corrected chi connectivity index (χ3v) is 4.85. The molecule has 1 N–H and O–H groups in total. The molecule has 1 aromatic carbocycles. The van der Waals surface area contributed by atoms with Crippen molar-refractivity contribution in [1.29, 1.82) is 0 Å². The molecule has 1 aliphatic heterocycles. The van der Waals surface area contributed by atoms with Gasteiger partial charge in [-0.2, -0.15) is 0 Å². The van der Waals surface area contributed by atoms with Crippen LogP contribution in [-0.4, -0.2) is 26.2 Å². The van der Waals surface area contributed by atoms with E-state index in [0.29, 0.717) is 26.1 Å². The van der Waals surface area contributed by atoms with Crippen molar-refractivity contribution in [1.82, 2.24) is 5.32 Å². The number of nitrogens with one attached hydrogen (secondary N) is 1. The first-order valence-electron chi connectivity index (χ1n) is 8.76. The fourth-order valence-electron chi connectivity index (χ4n) is 3.17. The van der Waals surface area contributed by atoms with Crippen LogP contribution < -0.4 is 10.1 Å². The lowest BCUT2D eigenvalue weighted by Crippen LogP contribution is -2.51. The number of halogens is 1. The van der Waals surface area contributed by atoms with Crippen molar-refractivity contribution >= 4 is 5.91 Å². The van der Waals surface area contributed by atoms with E-state index in [4.69, 9.17) is 9.47 Å². The maximum Gasteiger partial charge on any atom is 0.223 e. The van der Waals surface area contributed by atoms with Crippen molar-refractivity contribution in [3.05, 3.63) is 29.6 Å². The maximum absolute atomic E-state index is 14.2. The highest BCUT2D eigenvalue weighted by Crippen LogP contribution is 2.34. The number of rotatable bonds is 7. The van der Waals surface area contributed by atoms with Gasteiger partial charge >= 0.3 is 0 Å².